The molecule has 0 saturated heterocycles. The molecule has 0 atom stereocenters. The van der Waals surface area contributed by atoms with Gasteiger partial charge in [0.25, 0.3) is 0 Å². The van der Waals surface area contributed by atoms with Gasteiger partial charge < -0.3 is 10.0 Å². The third kappa shape index (κ3) is 1.62. The van der Waals surface area contributed by atoms with Crippen LogP contribution in [0.5, 0.6) is 0 Å². The molecule has 0 spiro atoms. The van der Waals surface area contributed by atoms with Crippen LogP contribution in [0.1, 0.15) is 17.5 Å². The van der Waals surface area contributed by atoms with E-state index in [0.29, 0.717) is 0 Å². The Hall–Kier alpha value is -1.02. The fourth-order valence-electron chi connectivity index (χ4n) is 2.21. The van der Waals surface area contributed by atoms with E-state index in [-0.39, 0.29) is 6.61 Å². The SMILES string of the molecule is CN1CCc2cccc(CCCO)c21. The van der Waals surface area contributed by atoms with Gasteiger partial charge in [-0.15, -0.1) is 0 Å². The molecule has 14 heavy (non-hydrogen) atoms. The maximum atomic E-state index is 8.83. The van der Waals surface area contributed by atoms with E-state index in [1.165, 1.54) is 23.2 Å². The van der Waals surface area contributed by atoms with Crippen LogP contribution >= 0.6 is 0 Å². The Bertz CT molecular complexity index is 322. The van der Waals surface area contributed by atoms with E-state index < -0.39 is 0 Å². The first kappa shape index (κ1) is 9.53. The molecule has 0 radical (unpaired) electrons. The first-order valence-corrected chi connectivity index (χ1v) is 5.25. The second-order valence-corrected chi connectivity index (χ2v) is 3.92. The average molecular weight is 191 g/mol. The molecule has 0 saturated carbocycles. The lowest BCUT2D eigenvalue weighted by Crippen LogP contribution is -2.14. The highest BCUT2D eigenvalue weighted by Crippen LogP contribution is 2.31. The Morgan fingerprint density at radius 1 is 1.43 bits per heavy atom. The minimum absolute atomic E-state index is 0.285. The number of aliphatic hydroxyl groups is 1. The number of benzene rings is 1. The van der Waals surface area contributed by atoms with Gasteiger partial charge >= 0.3 is 0 Å². The summed E-state index contributed by atoms with van der Waals surface area (Å²) >= 11 is 0. The molecular formula is C12H17NO. The van der Waals surface area contributed by atoms with Gasteiger partial charge in [-0.1, -0.05) is 18.2 Å². The zero-order chi connectivity index (χ0) is 9.97. The average Bonchev–Trinajstić information content (AvgIpc) is 2.58. The Labute approximate surface area is 85.2 Å². The van der Waals surface area contributed by atoms with Crippen molar-refractivity contribution < 1.29 is 5.11 Å². The molecule has 1 N–H and O–H groups in total. The van der Waals surface area contributed by atoms with Crippen molar-refractivity contribution in [1.82, 2.24) is 0 Å². The second kappa shape index (κ2) is 4.01. The number of hydrogen-bond donors (Lipinski definition) is 1. The molecule has 1 aliphatic heterocycles. The largest absolute Gasteiger partial charge is 0.396 e. The number of anilines is 1. The van der Waals surface area contributed by atoms with Crippen LogP contribution in [0.3, 0.4) is 0 Å². The monoisotopic (exact) mass is 191 g/mol. The molecule has 0 bridgehead atoms. The quantitative estimate of drug-likeness (QED) is 0.784. The first-order chi connectivity index (χ1) is 6.83. The number of para-hydroxylation sites is 1. The number of nitrogens with zero attached hydrogens (tertiary/aromatic N) is 1. The second-order valence-electron chi connectivity index (χ2n) is 3.92. The summed E-state index contributed by atoms with van der Waals surface area (Å²) in [6.07, 6.45) is 3.02. The molecule has 1 heterocycles. The molecule has 0 unspecified atom stereocenters. The zero-order valence-corrected chi connectivity index (χ0v) is 8.66. The summed E-state index contributed by atoms with van der Waals surface area (Å²) in [7, 11) is 2.15. The summed E-state index contributed by atoms with van der Waals surface area (Å²) in [5.41, 5.74) is 4.25. The van der Waals surface area contributed by atoms with Gasteiger partial charge in [0.15, 0.2) is 0 Å². The van der Waals surface area contributed by atoms with Gasteiger partial charge in [0.2, 0.25) is 0 Å². The topological polar surface area (TPSA) is 23.5 Å². The molecule has 2 heteroatoms. The lowest BCUT2D eigenvalue weighted by atomic mass is 10.0. The number of rotatable bonds is 3. The van der Waals surface area contributed by atoms with Crippen LogP contribution in [0.25, 0.3) is 0 Å². The van der Waals surface area contributed by atoms with Gasteiger partial charge in [0.05, 0.1) is 0 Å². The molecule has 1 aromatic rings. The standard InChI is InChI=1S/C12H17NO/c1-13-8-7-11-5-2-4-10(12(11)13)6-3-9-14/h2,4-5,14H,3,6-9H2,1H3. The first-order valence-electron chi connectivity index (χ1n) is 5.25. The van der Waals surface area contributed by atoms with E-state index in [9.17, 15) is 0 Å². The smallest absolute Gasteiger partial charge is 0.0434 e. The number of fused-ring (bicyclic) bond motifs is 1. The molecule has 0 aliphatic carbocycles. The van der Waals surface area contributed by atoms with Gasteiger partial charge in [0.1, 0.15) is 0 Å². The highest BCUT2D eigenvalue weighted by molar-refractivity contribution is 5.62. The van der Waals surface area contributed by atoms with E-state index >= 15 is 0 Å². The fourth-order valence-corrected chi connectivity index (χ4v) is 2.21. The van der Waals surface area contributed by atoms with E-state index in [4.69, 9.17) is 5.11 Å². The predicted octanol–water partition coefficient (Wildman–Crippen LogP) is 1.60. The van der Waals surface area contributed by atoms with Crippen LogP contribution in [0.15, 0.2) is 18.2 Å². The molecule has 0 amide bonds. The van der Waals surface area contributed by atoms with Crippen molar-refractivity contribution in [3.8, 4) is 0 Å². The van der Waals surface area contributed by atoms with E-state index in [1.807, 2.05) is 0 Å². The normalized spacial score (nSPS) is 14.6. The van der Waals surface area contributed by atoms with Crippen molar-refractivity contribution >= 4 is 5.69 Å². The number of likely N-dealkylation sites (N-methyl/N-ethyl adjacent to an activating group) is 1. The van der Waals surface area contributed by atoms with E-state index in [0.717, 1.165) is 19.4 Å². The van der Waals surface area contributed by atoms with Gasteiger partial charge in [-0.25, -0.2) is 0 Å². The fraction of sp³-hybridized carbons (Fsp3) is 0.500. The Morgan fingerprint density at radius 2 is 2.29 bits per heavy atom. The van der Waals surface area contributed by atoms with Crippen LogP contribution < -0.4 is 4.90 Å². The maximum Gasteiger partial charge on any atom is 0.0434 e. The Kier molecular flexibility index (Phi) is 2.73. The Morgan fingerprint density at radius 3 is 3.07 bits per heavy atom. The molecule has 76 valence electrons. The van der Waals surface area contributed by atoms with Crippen LogP contribution in [0, 0.1) is 0 Å². The van der Waals surface area contributed by atoms with Crippen LogP contribution in [-0.4, -0.2) is 25.3 Å². The van der Waals surface area contributed by atoms with Crippen LogP contribution in [-0.2, 0) is 12.8 Å². The molecule has 0 fully saturated rings. The minimum Gasteiger partial charge on any atom is -0.396 e. The van der Waals surface area contributed by atoms with Crippen molar-refractivity contribution in [2.24, 2.45) is 0 Å². The van der Waals surface area contributed by atoms with Crippen molar-refractivity contribution in [3.63, 3.8) is 0 Å². The van der Waals surface area contributed by atoms with Crippen molar-refractivity contribution in [2.75, 3.05) is 25.1 Å². The molecule has 2 rings (SSSR count). The highest BCUT2D eigenvalue weighted by atomic mass is 16.2. The molecule has 2 nitrogen and oxygen atoms in total. The summed E-state index contributed by atoms with van der Waals surface area (Å²) < 4.78 is 0. The van der Waals surface area contributed by atoms with Gasteiger partial charge in [-0.3, -0.25) is 0 Å². The van der Waals surface area contributed by atoms with Crippen molar-refractivity contribution in [2.45, 2.75) is 19.3 Å². The summed E-state index contributed by atoms with van der Waals surface area (Å²) in [5.74, 6) is 0. The third-order valence-corrected chi connectivity index (χ3v) is 2.91. The summed E-state index contributed by atoms with van der Waals surface area (Å²) in [5, 5.41) is 8.83. The summed E-state index contributed by atoms with van der Waals surface area (Å²) in [6, 6.07) is 6.52. The lowest BCUT2D eigenvalue weighted by Gasteiger charge is -2.16. The van der Waals surface area contributed by atoms with Gasteiger partial charge in [-0.2, -0.15) is 0 Å². The number of hydrogen-bond acceptors (Lipinski definition) is 2. The van der Waals surface area contributed by atoms with E-state index in [2.05, 4.69) is 30.1 Å². The number of aryl methyl sites for hydroxylation is 1. The summed E-state index contributed by atoms with van der Waals surface area (Å²) in [6.45, 7) is 1.42. The van der Waals surface area contributed by atoms with Gasteiger partial charge in [-0.05, 0) is 30.4 Å². The molecule has 1 aliphatic rings. The van der Waals surface area contributed by atoms with Crippen LogP contribution in [0.2, 0.25) is 0 Å². The molecular weight excluding hydrogens is 174 g/mol. The molecule has 1 aromatic carbocycles. The van der Waals surface area contributed by atoms with E-state index in [1.54, 1.807) is 0 Å². The number of aliphatic hydroxyl groups excluding tert-OH is 1. The summed E-state index contributed by atoms with van der Waals surface area (Å²) in [4.78, 5) is 2.32. The van der Waals surface area contributed by atoms with Crippen molar-refractivity contribution in [3.05, 3.63) is 29.3 Å². The zero-order valence-electron chi connectivity index (χ0n) is 8.66. The predicted molar refractivity (Wildman–Crippen MR) is 58.8 cm³/mol. The highest BCUT2D eigenvalue weighted by Gasteiger charge is 2.18. The van der Waals surface area contributed by atoms with Gasteiger partial charge in [0, 0.05) is 25.9 Å². The maximum absolute atomic E-state index is 8.83. The lowest BCUT2D eigenvalue weighted by molar-refractivity contribution is 0.288. The van der Waals surface area contributed by atoms with Crippen LogP contribution in [0.4, 0.5) is 5.69 Å². The third-order valence-electron chi connectivity index (χ3n) is 2.91. The minimum atomic E-state index is 0.285. The Balaban J connectivity index is 2.27. The van der Waals surface area contributed by atoms with Crippen molar-refractivity contribution in [1.29, 1.82) is 0 Å². The molecule has 0 aromatic heterocycles.